The van der Waals surface area contributed by atoms with E-state index in [0.717, 1.165) is 12.6 Å². The minimum absolute atomic E-state index is 0.0693. The molecule has 2 heterocycles. The third kappa shape index (κ3) is 5.46. The average molecular weight is 421 g/mol. The van der Waals surface area contributed by atoms with E-state index in [2.05, 4.69) is 15.4 Å². The van der Waals surface area contributed by atoms with Crippen LogP contribution in [0.2, 0.25) is 5.02 Å². The van der Waals surface area contributed by atoms with Crippen molar-refractivity contribution < 1.29 is 27.5 Å². The molecule has 1 atom stereocenters. The highest BCUT2D eigenvalue weighted by Gasteiger charge is 2.36. The van der Waals surface area contributed by atoms with Crippen molar-refractivity contribution in [2.75, 3.05) is 12.4 Å². The molecule has 0 amide bonds. The summed E-state index contributed by atoms with van der Waals surface area (Å²) in [7, 11) is 1.44. The van der Waals surface area contributed by atoms with Gasteiger partial charge in [0, 0.05) is 18.8 Å². The fraction of sp³-hybridized carbons (Fsp3) is 0.471. The number of carbonyl (C=O) groups excluding carboxylic acids is 2. The number of nitrogens with one attached hydrogen (secondary N) is 1. The number of aromatic nitrogens is 3. The lowest BCUT2D eigenvalue weighted by Crippen LogP contribution is -2.33. The number of hydrogen-bond acceptors (Lipinski definition) is 6. The molecule has 0 aliphatic heterocycles. The zero-order valence-corrected chi connectivity index (χ0v) is 16.5. The first-order chi connectivity index (χ1) is 13.1. The van der Waals surface area contributed by atoms with Crippen LogP contribution in [0.15, 0.2) is 12.3 Å². The first kappa shape index (κ1) is 23.5. The van der Waals surface area contributed by atoms with Gasteiger partial charge < -0.3 is 10.1 Å². The second-order valence-corrected chi connectivity index (χ2v) is 5.92. The molecule has 0 saturated heterocycles. The number of nitrogens with zero attached hydrogens (tertiary/aromatic N) is 3. The van der Waals surface area contributed by atoms with Crippen LogP contribution in [0.4, 0.5) is 19.0 Å². The molecule has 11 heteroatoms. The molecule has 0 spiro atoms. The van der Waals surface area contributed by atoms with Crippen molar-refractivity contribution in [2.45, 2.75) is 46.0 Å². The topological polar surface area (TPSA) is 86.1 Å². The van der Waals surface area contributed by atoms with Gasteiger partial charge in [-0.25, -0.2) is 4.98 Å². The van der Waals surface area contributed by atoms with Gasteiger partial charge in [-0.2, -0.15) is 27.9 Å². The predicted octanol–water partition coefficient (Wildman–Crippen LogP) is 3.97. The number of rotatable bonds is 6. The Kier molecular flexibility index (Phi) is 8.46. The zero-order valence-electron chi connectivity index (χ0n) is 15.7. The fourth-order valence-electron chi connectivity index (χ4n) is 2.37. The van der Waals surface area contributed by atoms with Crippen LogP contribution in [0.25, 0.3) is 11.3 Å². The highest BCUT2D eigenvalue weighted by molar-refractivity contribution is 6.33. The lowest BCUT2D eigenvalue weighted by Gasteiger charge is -2.19. The number of alkyl halides is 3. The van der Waals surface area contributed by atoms with E-state index in [-0.39, 0.29) is 12.0 Å². The van der Waals surface area contributed by atoms with Crippen LogP contribution in [0.1, 0.15) is 26.5 Å². The Balaban J connectivity index is 0.00000122. The summed E-state index contributed by atoms with van der Waals surface area (Å²) in [5.74, 6) is 0.436. The summed E-state index contributed by atoms with van der Waals surface area (Å²) in [5.41, 5.74) is 1.96. The highest BCUT2D eigenvalue weighted by Crippen LogP contribution is 2.37. The van der Waals surface area contributed by atoms with Crippen molar-refractivity contribution in [2.24, 2.45) is 0 Å². The molecule has 1 N–H and O–H groups in total. The van der Waals surface area contributed by atoms with E-state index < -0.39 is 12.2 Å². The van der Waals surface area contributed by atoms with Gasteiger partial charge in [0.2, 0.25) is 0 Å². The standard InChI is InChI=1S/C16H20ClF3N4O.CO2/c1-5-11-14(17)15(24(6-2)23-11)10-8-21-13(7-12(10)25-4)22-9(3)16(18,19)20;2-1-3/h7-9H,5-6H2,1-4H3,(H,21,22);/t9-;/m1./s1. The minimum Gasteiger partial charge on any atom is -0.496 e. The summed E-state index contributed by atoms with van der Waals surface area (Å²) in [6.07, 6.45) is -2.01. The molecular weight excluding hydrogens is 401 g/mol. The summed E-state index contributed by atoms with van der Waals surface area (Å²) < 4.78 is 45.2. The molecule has 2 aromatic heterocycles. The molecule has 0 fully saturated rings. The van der Waals surface area contributed by atoms with Gasteiger partial charge in [0.1, 0.15) is 17.6 Å². The third-order valence-electron chi connectivity index (χ3n) is 3.79. The summed E-state index contributed by atoms with van der Waals surface area (Å²) >= 11 is 6.42. The Hall–Kier alpha value is -2.58. The van der Waals surface area contributed by atoms with E-state index in [4.69, 9.17) is 25.9 Å². The molecule has 2 aromatic rings. The van der Waals surface area contributed by atoms with Gasteiger partial charge in [-0.1, -0.05) is 18.5 Å². The summed E-state index contributed by atoms with van der Waals surface area (Å²) in [6, 6.07) is -0.306. The zero-order chi connectivity index (χ0) is 21.5. The Bertz CT molecular complexity index is 834. The quantitative estimate of drug-likeness (QED) is 0.761. The molecule has 0 saturated carbocycles. The van der Waals surface area contributed by atoms with Gasteiger partial charge in [-0.15, -0.1) is 0 Å². The molecular formula is C17H20ClF3N4O3. The Morgan fingerprint density at radius 2 is 1.96 bits per heavy atom. The molecule has 0 bridgehead atoms. The smallest absolute Gasteiger partial charge is 0.408 e. The van der Waals surface area contributed by atoms with Crippen LogP contribution in [0.5, 0.6) is 5.75 Å². The number of halogens is 4. The Labute approximate surface area is 164 Å². The summed E-state index contributed by atoms with van der Waals surface area (Å²) in [5, 5.41) is 7.26. The second kappa shape index (κ2) is 10.1. The van der Waals surface area contributed by atoms with Gasteiger partial charge in [0.15, 0.2) is 0 Å². The van der Waals surface area contributed by atoms with Crippen LogP contribution in [-0.4, -0.2) is 40.2 Å². The maximum atomic E-state index is 12.7. The normalized spacial score (nSPS) is 11.9. The Morgan fingerprint density at radius 1 is 1.36 bits per heavy atom. The number of methoxy groups -OCH3 is 1. The lowest BCUT2D eigenvalue weighted by molar-refractivity contribution is -0.191. The maximum Gasteiger partial charge on any atom is 0.408 e. The van der Waals surface area contributed by atoms with E-state index in [1.54, 1.807) is 4.68 Å². The molecule has 28 heavy (non-hydrogen) atoms. The summed E-state index contributed by atoms with van der Waals surface area (Å²) in [6.45, 7) is 5.48. The fourth-order valence-corrected chi connectivity index (χ4v) is 2.74. The Morgan fingerprint density at radius 3 is 2.43 bits per heavy atom. The van der Waals surface area contributed by atoms with Crippen molar-refractivity contribution in [1.82, 2.24) is 14.8 Å². The molecule has 2 rings (SSSR count). The van der Waals surface area contributed by atoms with Crippen LogP contribution in [0, 0.1) is 0 Å². The number of ether oxygens (including phenoxy) is 1. The van der Waals surface area contributed by atoms with Crippen LogP contribution >= 0.6 is 11.6 Å². The largest absolute Gasteiger partial charge is 0.496 e. The lowest BCUT2D eigenvalue weighted by atomic mass is 10.1. The monoisotopic (exact) mass is 420 g/mol. The minimum atomic E-state index is -4.37. The predicted molar refractivity (Wildman–Crippen MR) is 96.2 cm³/mol. The molecule has 0 aliphatic carbocycles. The highest BCUT2D eigenvalue weighted by atomic mass is 35.5. The molecule has 0 unspecified atom stereocenters. The average Bonchev–Trinajstić information content (AvgIpc) is 2.97. The van der Waals surface area contributed by atoms with Crippen LogP contribution in [0.3, 0.4) is 0 Å². The molecule has 154 valence electrons. The van der Waals surface area contributed by atoms with E-state index in [9.17, 15) is 13.2 Å². The second-order valence-electron chi connectivity index (χ2n) is 5.54. The van der Waals surface area contributed by atoms with E-state index >= 15 is 0 Å². The SMILES string of the molecule is CCc1nn(CC)c(-c2cnc(N[C@H](C)C(F)(F)F)cc2OC)c1Cl.O=C=O. The van der Waals surface area contributed by atoms with Crippen molar-refractivity contribution in [3.8, 4) is 17.0 Å². The number of anilines is 1. The van der Waals surface area contributed by atoms with Gasteiger partial charge in [-0.05, 0) is 20.3 Å². The molecule has 0 aliphatic rings. The first-order valence-corrected chi connectivity index (χ1v) is 8.64. The van der Waals surface area contributed by atoms with Crippen molar-refractivity contribution in [1.29, 1.82) is 0 Å². The van der Waals surface area contributed by atoms with Gasteiger partial charge >= 0.3 is 12.3 Å². The van der Waals surface area contributed by atoms with E-state index in [1.165, 1.54) is 19.4 Å². The van der Waals surface area contributed by atoms with Gasteiger partial charge in [0.05, 0.1) is 29.1 Å². The van der Waals surface area contributed by atoms with Crippen molar-refractivity contribution in [3.05, 3.63) is 23.0 Å². The first-order valence-electron chi connectivity index (χ1n) is 8.26. The van der Waals surface area contributed by atoms with Crippen molar-refractivity contribution in [3.63, 3.8) is 0 Å². The molecule has 0 aromatic carbocycles. The van der Waals surface area contributed by atoms with Gasteiger partial charge in [0.25, 0.3) is 0 Å². The number of pyridine rings is 1. The van der Waals surface area contributed by atoms with Crippen LogP contribution < -0.4 is 10.1 Å². The van der Waals surface area contributed by atoms with Crippen LogP contribution in [-0.2, 0) is 22.6 Å². The molecule has 7 nitrogen and oxygen atoms in total. The third-order valence-corrected chi connectivity index (χ3v) is 4.19. The van der Waals surface area contributed by atoms with E-state index in [0.29, 0.717) is 35.0 Å². The summed E-state index contributed by atoms with van der Waals surface area (Å²) in [4.78, 5) is 20.3. The van der Waals surface area contributed by atoms with Crippen molar-refractivity contribution >= 4 is 23.6 Å². The van der Waals surface area contributed by atoms with E-state index in [1.807, 2.05) is 13.8 Å². The number of aryl methyl sites for hydroxylation is 2. The molecule has 0 radical (unpaired) electrons. The number of hydrogen-bond donors (Lipinski definition) is 1. The maximum absolute atomic E-state index is 12.7. The van der Waals surface area contributed by atoms with Gasteiger partial charge in [-0.3, -0.25) is 4.68 Å².